The molecule has 1 aromatic rings. The Morgan fingerprint density at radius 1 is 1.43 bits per heavy atom. The maximum absolute atomic E-state index is 5.32. The smallest absolute Gasteiger partial charge is 0.0627 e. The summed E-state index contributed by atoms with van der Waals surface area (Å²) in [5.74, 6) is 5.32. The normalized spacial score (nSPS) is 9.36. The number of aryl methyl sites for hydroxylation is 1. The molecule has 0 saturated carbocycles. The van der Waals surface area contributed by atoms with Crippen molar-refractivity contribution in [2.75, 3.05) is 5.43 Å². The van der Waals surface area contributed by atoms with Crippen LogP contribution in [0.1, 0.15) is 25.3 Å². The molecule has 0 heterocycles. The molecule has 0 bridgehead atoms. The van der Waals surface area contributed by atoms with Gasteiger partial charge in [0.2, 0.25) is 0 Å². The number of hydrogen-bond donors (Lipinski definition) is 2. The van der Waals surface area contributed by atoms with Crippen LogP contribution < -0.4 is 11.3 Å². The fraction of sp³-hybridized carbons (Fsp3) is 0.400. The number of anilines is 1. The molecule has 0 aliphatic heterocycles. The third-order valence-corrected chi connectivity index (χ3v) is 2.66. The first-order chi connectivity index (χ1) is 6.27. The number of rotatable bonds is 4. The second-order valence-corrected chi connectivity index (χ2v) is 3.92. The Hall–Kier alpha value is -0.250. The van der Waals surface area contributed by atoms with Crippen LogP contribution in [0.5, 0.6) is 0 Å². The van der Waals surface area contributed by atoms with Gasteiger partial charge in [0.15, 0.2) is 0 Å². The average molecular weight is 280 g/mol. The summed E-state index contributed by atoms with van der Waals surface area (Å²) in [5, 5.41) is 0. The third kappa shape index (κ3) is 3.86. The first-order valence-electron chi connectivity index (χ1n) is 4.53. The van der Waals surface area contributed by atoms with Crippen LogP contribution in [0.4, 0.5) is 5.69 Å². The molecule has 4 heteroatoms. The lowest BCUT2D eigenvalue weighted by molar-refractivity contribution is 0.795. The number of benzene rings is 1. The molecule has 3 N–H and O–H groups in total. The molecule has 0 aliphatic carbocycles. The van der Waals surface area contributed by atoms with Gasteiger partial charge in [0.25, 0.3) is 0 Å². The Balaban J connectivity index is 0.00000169. The van der Waals surface area contributed by atoms with E-state index < -0.39 is 0 Å². The standard InChI is InChI=1S/C10H15BrN2.ClH/c1-2-3-4-8-5-6-10(13-12)9(11)7-8;/h5-7,13H,2-4,12H2,1H3;1H. The van der Waals surface area contributed by atoms with Gasteiger partial charge in [0.1, 0.15) is 0 Å². The summed E-state index contributed by atoms with van der Waals surface area (Å²) in [6.45, 7) is 2.20. The largest absolute Gasteiger partial charge is 0.323 e. The van der Waals surface area contributed by atoms with Crippen molar-refractivity contribution in [2.24, 2.45) is 5.84 Å². The quantitative estimate of drug-likeness (QED) is 0.654. The lowest BCUT2D eigenvalue weighted by Crippen LogP contribution is -2.07. The minimum atomic E-state index is 0. The summed E-state index contributed by atoms with van der Waals surface area (Å²) in [5.41, 5.74) is 4.92. The Morgan fingerprint density at radius 3 is 2.64 bits per heavy atom. The highest BCUT2D eigenvalue weighted by atomic mass is 79.9. The molecular formula is C10H16BrClN2. The van der Waals surface area contributed by atoms with E-state index in [9.17, 15) is 0 Å². The summed E-state index contributed by atoms with van der Waals surface area (Å²) < 4.78 is 1.03. The van der Waals surface area contributed by atoms with E-state index in [1.165, 1.54) is 18.4 Å². The number of unbranched alkanes of at least 4 members (excludes halogenated alkanes) is 1. The Kier molecular flexibility index (Phi) is 6.97. The molecule has 80 valence electrons. The first kappa shape index (κ1) is 13.8. The molecule has 0 saturated heterocycles. The lowest BCUT2D eigenvalue weighted by Gasteiger charge is -2.05. The second kappa shape index (κ2) is 7.10. The number of hydrazine groups is 1. The molecule has 0 radical (unpaired) electrons. The van der Waals surface area contributed by atoms with Crippen molar-refractivity contribution in [3.63, 3.8) is 0 Å². The minimum absolute atomic E-state index is 0. The predicted octanol–water partition coefficient (Wildman–Crippen LogP) is 3.50. The highest BCUT2D eigenvalue weighted by molar-refractivity contribution is 9.10. The molecule has 0 amide bonds. The van der Waals surface area contributed by atoms with Crippen molar-refractivity contribution < 1.29 is 0 Å². The van der Waals surface area contributed by atoms with E-state index in [4.69, 9.17) is 5.84 Å². The molecule has 1 aromatic carbocycles. The summed E-state index contributed by atoms with van der Waals surface area (Å²) in [4.78, 5) is 0. The molecule has 14 heavy (non-hydrogen) atoms. The van der Waals surface area contributed by atoms with Crippen LogP contribution in [0.2, 0.25) is 0 Å². The van der Waals surface area contributed by atoms with Gasteiger partial charge < -0.3 is 5.43 Å². The van der Waals surface area contributed by atoms with Crippen molar-refractivity contribution in [1.82, 2.24) is 0 Å². The van der Waals surface area contributed by atoms with Crippen LogP contribution in [0.15, 0.2) is 22.7 Å². The second-order valence-electron chi connectivity index (χ2n) is 3.06. The number of halogens is 2. The number of nitrogens with one attached hydrogen (secondary N) is 1. The van der Waals surface area contributed by atoms with Crippen LogP contribution in [-0.4, -0.2) is 0 Å². The topological polar surface area (TPSA) is 38.0 Å². The van der Waals surface area contributed by atoms with Crippen LogP contribution >= 0.6 is 28.3 Å². The molecule has 0 fully saturated rings. The highest BCUT2D eigenvalue weighted by Crippen LogP contribution is 2.23. The van der Waals surface area contributed by atoms with E-state index in [-0.39, 0.29) is 12.4 Å². The third-order valence-electron chi connectivity index (χ3n) is 2.01. The zero-order valence-corrected chi connectivity index (χ0v) is 10.6. The Labute approximate surface area is 99.8 Å². The van der Waals surface area contributed by atoms with E-state index in [0.717, 1.165) is 16.6 Å². The average Bonchev–Trinajstić information content (AvgIpc) is 2.15. The summed E-state index contributed by atoms with van der Waals surface area (Å²) in [6.07, 6.45) is 3.61. The van der Waals surface area contributed by atoms with Gasteiger partial charge in [-0.1, -0.05) is 19.4 Å². The van der Waals surface area contributed by atoms with Crippen molar-refractivity contribution in [1.29, 1.82) is 0 Å². The Bertz CT molecular complexity index is 279. The number of nitrogen functional groups attached to an aromatic ring is 1. The van der Waals surface area contributed by atoms with Crippen LogP contribution in [0, 0.1) is 0 Å². The van der Waals surface area contributed by atoms with Crippen molar-refractivity contribution >= 4 is 34.0 Å². The number of hydrogen-bond acceptors (Lipinski definition) is 2. The van der Waals surface area contributed by atoms with Gasteiger partial charge in [-0.3, -0.25) is 5.84 Å². The van der Waals surface area contributed by atoms with E-state index >= 15 is 0 Å². The van der Waals surface area contributed by atoms with Gasteiger partial charge in [-0.25, -0.2) is 0 Å². The van der Waals surface area contributed by atoms with Crippen molar-refractivity contribution in [3.05, 3.63) is 28.2 Å². The van der Waals surface area contributed by atoms with E-state index in [2.05, 4.69) is 40.4 Å². The van der Waals surface area contributed by atoms with Gasteiger partial charge in [0, 0.05) is 4.47 Å². The van der Waals surface area contributed by atoms with Gasteiger partial charge in [-0.05, 0) is 46.5 Å². The molecule has 0 aliphatic rings. The summed E-state index contributed by atoms with van der Waals surface area (Å²) in [6, 6.07) is 6.22. The SMILES string of the molecule is CCCCc1ccc(NN)c(Br)c1.Cl. The zero-order chi connectivity index (χ0) is 9.68. The molecule has 0 unspecified atom stereocenters. The van der Waals surface area contributed by atoms with Crippen LogP contribution in [-0.2, 0) is 6.42 Å². The van der Waals surface area contributed by atoms with Crippen LogP contribution in [0.3, 0.4) is 0 Å². The summed E-state index contributed by atoms with van der Waals surface area (Å²) >= 11 is 3.46. The van der Waals surface area contributed by atoms with Gasteiger partial charge >= 0.3 is 0 Å². The van der Waals surface area contributed by atoms with Gasteiger partial charge in [-0.15, -0.1) is 12.4 Å². The molecule has 2 nitrogen and oxygen atoms in total. The zero-order valence-electron chi connectivity index (χ0n) is 8.22. The van der Waals surface area contributed by atoms with Crippen molar-refractivity contribution in [2.45, 2.75) is 26.2 Å². The fourth-order valence-electron chi connectivity index (χ4n) is 1.21. The minimum Gasteiger partial charge on any atom is -0.323 e. The Morgan fingerprint density at radius 2 is 2.14 bits per heavy atom. The predicted molar refractivity (Wildman–Crippen MR) is 67.8 cm³/mol. The monoisotopic (exact) mass is 278 g/mol. The van der Waals surface area contributed by atoms with Gasteiger partial charge in [0.05, 0.1) is 5.69 Å². The van der Waals surface area contributed by atoms with E-state index in [1.54, 1.807) is 0 Å². The maximum atomic E-state index is 5.32. The van der Waals surface area contributed by atoms with Gasteiger partial charge in [-0.2, -0.15) is 0 Å². The highest BCUT2D eigenvalue weighted by Gasteiger charge is 1.99. The first-order valence-corrected chi connectivity index (χ1v) is 5.32. The number of nitrogens with two attached hydrogens (primary N) is 1. The van der Waals surface area contributed by atoms with Crippen LogP contribution in [0.25, 0.3) is 0 Å². The van der Waals surface area contributed by atoms with E-state index in [0.29, 0.717) is 0 Å². The fourth-order valence-corrected chi connectivity index (χ4v) is 1.75. The van der Waals surface area contributed by atoms with E-state index in [1.807, 2.05) is 6.07 Å². The molecule has 0 aromatic heterocycles. The molecule has 1 rings (SSSR count). The molecule has 0 atom stereocenters. The molecule has 0 spiro atoms. The maximum Gasteiger partial charge on any atom is 0.0627 e. The summed E-state index contributed by atoms with van der Waals surface area (Å²) in [7, 11) is 0. The van der Waals surface area contributed by atoms with Crippen molar-refractivity contribution in [3.8, 4) is 0 Å². The lowest BCUT2D eigenvalue weighted by atomic mass is 10.1. The molecular weight excluding hydrogens is 263 g/mol.